The molecule has 0 aliphatic rings. The van der Waals surface area contributed by atoms with Gasteiger partial charge < -0.3 is 15.7 Å². The molecule has 0 aliphatic heterocycles. The second kappa shape index (κ2) is 10.4. The Morgan fingerprint density at radius 1 is 1.30 bits per heavy atom. The van der Waals surface area contributed by atoms with Gasteiger partial charge in [-0.15, -0.1) is 0 Å². The Bertz CT molecular complexity index is 464. The van der Waals surface area contributed by atoms with Gasteiger partial charge in [0, 0.05) is 13.6 Å². The summed E-state index contributed by atoms with van der Waals surface area (Å²) in [5.41, 5.74) is 2.50. The SMILES string of the molecule is CNC(=O)NCCc1ccc(C)cc1.N#CCC(=O)O. The number of aryl methyl sites for hydroxylation is 1. The zero-order chi connectivity index (χ0) is 15.4. The largest absolute Gasteiger partial charge is 0.480 e. The van der Waals surface area contributed by atoms with Crippen LogP contribution in [0.2, 0.25) is 0 Å². The second-order valence-corrected chi connectivity index (χ2v) is 3.97. The molecule has 20 heavy (non-hydrogen) atoms. The smallest absolute Gasteiger partial charge is 0.317 e. The highest BCUT2D eigenvalue weighted by Gasteiger charge is 1.95. The van der Waals surface area contributed by atoms with Crippen molar-refractivity contribution < 1.29 is 14.7 Å². The molecule has 6 heteroatoms. The fraction of sp³-hybridized carbons (Fsp3) is 0.357. The fourth-order valence-corrected chi connectivity index (χ4v) is 1.23. The van der Waals surface area contributed by atoms with Crippen LogP contribution in [0, 0.1) is 18.3 Å². The molecule has 6 nitrogen and oxygen atoms in total. The zero-order valence-corrected chi connectivity index (χ0v) is 11.6. The van der Waals surface area contributed by atoms with E-state index in [-0.39, 0.29) is 6.03 Å². The molecule has 0 bridgehead atoms. The molecule has 1 aromatic rings. The second-order valence-electron chi connectivity index (χ2n) is 3.97. The van der Waals surface area contributed by atoms with E-state index in [4.69, 9.17) is 10.4 Å². The highest BCUT2D eigenvalue weighted by molar-refractivity contribution is 5.73. The van der Waals surface area contributed by atoms with Crippen molar-refractivity contribution in [2.75, 3.05) is 13.6 Å². The highest BCUT2D eigenvalue weighted by Crippen LogP contribution is 2.02. The number of amides is 2. The Morgan fingerprint density at radius 3 is 2.30 bits per heavy atom. The number of nitrogens with zero attached hydrogens (tertiary/aromatic N) is 1. The van der Waals surface area contributed by atoms with Gasteiger partial charge in [-0.3, -0.25) is 4.79 Å². The summed E-state index contributed by atoms with van der Waals surface area (Å²) in [5.74, 6) is -1.07. The molecule has 0 saturated carbocycles. The molecule has 0 unspecified atom stereocenters. The third-order valence-corrected chi connectivity index (χ3v) is 2.28. The van der Waals surface area contributed by atoms with Crippen LogP contribution in [-0.4, -0.2) is 30.7 Å². The maximum Gasteiger partial charge on any atom is 0.317 e. The number of carbonyl (C=O) groups excluding carboxylic acids is 1. The topological polar surface area (TPSA) is 102 Å². The van der Waals surface area contributed by atoms with E-state index >= 15 is 0 Å². The van der Waals surface area contributed by atoms with Crippen LogP contribution in [0.4, 0.5) is 4.79 Å². The number of carboxylic acid groups (broad SMARTS) is 1. The van der Waals surface area contributed by atoms with Gasteiger partial charge in [-0.05, 0) is 18.9 Å². The molecule has 2 amide bonds. The van der Waals surface area contributed by atoms with Crippen molar-refractivity contribution in [2.45, 2.75) is 19.8 Å². The van der Waals surface area contributed by atoms with Crippen molar-refractivity contribution in [1.29, 1.82) is 5.26 Å². The molecule has 1 aromatic carbocycles. The number of carbonyl (C=O) groups is 2. The van der Waals surface area contributed by atoms with Crippen molar-refractivity contribution in [3.63, 3.8) is 0 Å². The Hall–Kier alpha value is -2.55. The van der Waals surface area contributed by atoms with Gasteiger partial charge in [-0.1, -0.05) is 29.8 Å². The molecule has 0 fully saturated rings. The lowest BCUT2D eigenvalue weighted by Gasteiger charge is -2.04. The lowest BCUT2D eigenvalue weighted by molar-refractivity contribution is -0.135. The van der Waals surface area contributed by atoms with E-state index in [0.717, 1.165) is 6.42 Å². The lowest BCUT2D eigenvalue weighted by atomic mass is 10.1. The maximum absolute atomic E-state index is 10.8. The fourth-order valence-electron chi connectivity index (χ4n) is 1.23. The van der Waals surface area contributed by atoms with Crippen LogP contribution in [0.5, 0.6) is 0 Å². The molecule has 0 radical (unpaired) electrons. The summed E-state index contributed by atoms with van der Waals surface area (Å²) in [5, 5.41) is 20.6. The molecular weight excluding hydrogens is 258 g/mol. The Morgan fingerprint density at radius 2 is 1.90 bits per heavy atom. The molecular formula is C14H19N3O3. The first-order valence-electron chi connectivity index (χ1n) is 6.09. The number of benzene rings is 1. The monoisotopic (exact) mass is 277 g/mol. The first kappa shape index (κ1) is 17.4. The standard InChI is InChI=1S/C11H16N2O.C3H3NO2/c1-9-3-5-10(6-4-9)7-8-13-11(14)12-2;4-2-1-3(5)6/h3-6H,7-8H2,1-2H3,(H2,12,13,14);1H2,(H,5,6). The minimum atomic E-state index is -1.07. The summed E-state index contributed by atoms with van der Waals surface area (Å²) in [7, 11) is 1.61. The van der Waals surface area contributed by atoms with Gasteiger partial charge >= 0.3 is 12.0 Å². The van der Waals surface area contributed by atoms with Gasteiger partial charge in [0.05, 0.1) is 6.07 Å². The summed E-state index contributed by atoms with van der Waals surface area (Å²) in [6, 6.07) is 9.67. The predicted molar refractivity (Wildman–Crippen MR) is 75.2 cm³/mol. The van der Waals surface area contributed by atoms with Crippen molar-refractivity contribution in [2.24, 2.45) is 0 Å². The Labute approximate surface area is 118 Å². The van der Waals surface area contributed by atoms with E-state index in [2.05, 4.69) is 41.8 Å². The number of urea groups is 1. The molecule has 0 atom stereocenters. The predicted octanol–water partition coefficient (Wildman–Crippen LogP) is 1.45. The van der Waals surface area contributed by atoms with Crippen LogP contribution in [0.15, 0.2) is 24.3 Å². The van der Waals surface area contributed by atoms with E-state index in [9.17, 15) is 9.59 Å². The minimum Gasteiger partial charge on any atom is -0.480 e. The summed E-state index contributed by atoms with van der Waals surface area (Å²) < 4.78 is 0. The Balaban J connectivity index is 0.000000511. The van der Waals surface area contributed by atoms with E-state index < -0.39 is 12.4 Å². The maximum atomic E-state index is 10.8. The van der Waals surface area contributed by atoms with Gasteiger partial charge in [0.25, 0.3) is 0 Å². The van der Waals surface area contributed by atoms with Crippen LogP contribution < -0.4 is 10.6 Å². The molecule has 0 heterocycles. The van der Waals surface area contributed by atoms with Crippen molar-refractivity contribution >= 4 is 12.0 Å². The molecule has 0 aliphatic carbocycles. The van der Waals surface area contributed by atoms with Gasteiger partial charge in [-0.2, -0.15) is 5.26 Å². The van der Waals surface area contributed by atoms with E-state index in [1.165, 1.54) is 17.2 Å². The number of nitriles is 1. The van der Waals surface area contributed by atoms with Crippen LogP contribution in [0.3, 0.4) is 0 Å². The van der Waals surface area contributed by atoms with E-state index in [1.54, 1.807) is 7.05 Å². The molecule has 1 rings (SSSR count). The third kappa shape index (κ3) is 9.48. The molecule has 108 valence electrons. The average molecular weight is 277 g/mol. The molecule has 0 spiro atoms. The summed E-state index contributed by atoms with van der Waals surface area (Å²) in [6.45, 7) is 2.73. The van der Waals surface area contributed by atoms with E-state index in [0.29, 0.717) is 6.54 Å². The van der Waals surface area contributed by atoms with Crippen LogP contribution in [0.25, 0.3) is 0 Å². The summed E-state index contributed by atoms with van der Waals surface area (Å²) in [6.07, 6.45) is 0.466. The summed E-state index contributed by atoms with van der Waals surface area (Å²) in [4.78, 5) is 20.2. The normalized spacial score (nSPS) is 8.65. The van der Waals surface area contributed by atoms with Gasteiger partial charge in [0.1, 0.15) is 6.42 Å². The molecule has 0 aromatic heterocycles. The van der Waals surface area contributed by atoms with Crippen LogP contribution in [-0.2, 0) is 11.2 Å². The van der Waals surface area contributed by atoms with Crippen molar-refractivity contribution in [3.8, 4) is 6.07 Å². The number of carboxylic acids is 1. The molecule has 0 saturated heterocycles. The lowest BCUT2D eigenvalue weighted by Crippen LogP contribution is -2.33. The summed E-state index contributed by atoms with van der Waals surface area (Å²) >= 11 is 0. The quantitative estimate of drug-likeness (QED) is 0.775. The zero-order valence-electron chi connectivity index (χ0n) is 11.6. The minimum absolute atomic E-state index is 0.128. The number of aliphatic carboxylic acids is 1. The Kier molecular flexibility index (Phi) is 9.06. The van der Waals surface area contributed by atoms with Gasteiger partial charge in [-0.25, -0.2) is 4.79 Å². The number of hydrogen-bond donors (Lipinski definition) is 3. The first-order valence-corrected chi connectivity index (χ1v) is 6.09. The number of nitrogens with one attached hydrogen (secondary N) is 2. The first-order chi connectivity index (χ1) is 9.49. The van der Waals surface area contributed by atoms with Gasteiger partial charge in [0.15, 0.2) is 0 Å². The number of hydrogen-bond acceptors (Lipinski definition) is 3. The highest BCUT2D eigenvalue weighted by atomic mass is 16.4. The average Bonchev–Trinajstić information content (AvgIpc) is 2.41. The molecule has 3 N–H and O–H groups in total. The van der Waals surface area contributed by atoms with Gasteiger partial charge in [0.2, 0.25) is 0 Å². The third-order valence-electron chi connectivity index (χ3n) is 2.28. The van der Waals surface area contributed by atoms with Crippen molar-refractivity contribution in [3.05, 3.63) is 35.4 Å². The van der Waals surface area contributed by atoms with Crippen molar-refractivity contribution in [1.82, 2.24) is 10.6 Å². The number of rotatable bonds is 4. The van der Waals surface area contributed by atoms with Crippen LogP contribution >= 0.6 is 0 Å². The van der Waals surface area contributed by atoms with E-state index in [1.807, 2.05) is 0 Å². The van der Waals surface area contributed by atoms with Crippen LogP contribution in [0.1, 0.15) is 17.5 Å².